The molecule has 0 aliphatic carbocycles. The van der Waals surface area contributed by atoms with Gasteiger partial charge in [0.1, 0.15) is 0 Å². The van der Waals surface area contributed by atoms with Crippen LogP contribution in [0, 0.1) is 0 Å². The number of anilines is 1. The van der Waals surface area contributed by atoms with Gasteiger partial charge in [-0.05, 0) is 12.8 Å². The lowest BCUT2D eigenvalue weighted by molar-refractivity contribution is 0.171. The van der Waals surface area contributed by atoms with Gasteiger partial charge in [-0.25, -0.2) is 0 Å². The minimum atomic E-state index is -0.00123. The molecule has 0 bridgehead atoms. The Kier molecular flexibility index (Phi) is 10.7. The van der Waals surface area contributed by atoms with Gasteiger partial charge in [0.05, 0.1) is 6.61 Å². The lowest BCUT2D eigenvalue weighted by Gasteiger charge is -2.07. The lowest BCUT2D eigenvalue weighted by Crippen LogP contribution is -2.24. The van der Waals surface area contributed by atoms with Crippen LogP contribution in [-0.2, 0) is 0 Å². The molecule has 0 saturated carbocycles. The Morgan fingerprint density at radius 3 is 2.33 bits per heavy atom. The van der Waals surface area contributed by atoms with E-state index in [0.29, 0.717) is 24.5 Å². The third-order valence-electron chi connectivity index (χ3n) is 3.94. The molecule has 0 aromatic carbocycles. The summed E-state index contributed by atoms with van der Waals surface area (Å²) in [6.45, 7) is 5.60. The zero-order valence-corrected chi connectivity index (χ0v) is 15.3. The largest absolute Gasteiger partial charge is 0.477 e. The van der Waals surface area contributed by atoms with Gasteiger partial charge >= 0.3 is 0 Å². The Hall–Kier alpha value is -1.72. The van der Waals surface area contributed by atoms with E-state index >= 15 is 0 Å². The summed E-state index contributed by atoms with van der Waals surface area (Å²) in [5.41, 5.74) is 6.10. The second-order valence-electron chi connectivity index (χ2n) is 6.18. The van der Waals surface area contributed by atoms with E-state index in [1.807, 2.05) is 0 Å². The highest BCUT2D eigenvalue weighted by Gasteiger charge is 2.04. The highest BCUT2D eigenvalue weighted by molar-refractivity contribution is 5.21. The molecule has 0 aliphatic rings. The third-order valence-corrected chi connectivity index (χ3v) is 3.94. The molecule has 0 aliphatic heterocycles. The maximum atomic E-state index is 9.90. The van der Waals surface area contributed by atoms with E-state index < -0.39 is 0 Å². The molecule has 1 aromatic heterocycles. The van der Waals surface area contributed by atoms with Crippen molar-refractivity contribution in [1.29, 1.82) is 0 Å². The van der Waals surface area contributed by atoms with Crippen molar-refractivity contribution >= 4 is 5.95 Å². The van der Waals surface area contributed by atoms with E-state index in [-0.39, 0.29) is 5.95 Å². The smallest absolute Gasteiger partial charge is 0.239 e. The summed E-state index contributed by atoms with van der Waals surface area (Å²) in [5.74, 6) is 0.416. The molecule has 24 heavy (non-hydrogen) atoms. The SMILES string of the molecule is CCCCCCCCCCN=c1cc(OCCCC)nc(N)n1O. The fraction of sp³-hybridized carbons (Fsp3) is 0.778. The van der Waals surface area contributed by atoms with Gasteiger partial charge in [0.2, 0.25) is 11.8 Å². The van der Waals surface area contributed by atoms with Crippen LogP contribution < -0.4 is 16.0 Å². The van der Waals surface area contributed by atoms with Gasteiger partial charge in [0, 0.05) is 12.6 Å². The zero-order chi connectivity index (χ0) is 17.6. The summed E-state index contributed by atoms with van der Waals surface area (Å²) < 4.78 is 6.36. The summed E-state index contributed by atoms with van der Waals surface area (Å²) in [7, 11) is 0. The van der Waals surface area contributed by atoms with Crippen molar-refractivity contribution in [2.24, 2.45) is 4.99 Å². The van der Waals surface area contributed by atoms with Crippen molar-refractivity contribution in [2.45, 2.75) is 78.1 Å². The second kappa shape index (κ2) is 12.7. The molecule has 0 radical (unpaired) electrons. The standard InChI is InChI=1S/C18H34N4O2/c1-3-5-7-8-9-10-11-12-13-20-16-15-17(24-14-6-4-2)21-18(19)22(16)23/h15,23H,3-14H2,1-2H3,(H2,19,21). The molecule has 0 spiro atoms. The average Bonchev–Trinajstić information content (AvgIpc) is 2.57. The fourth-order valence-corrected chi connectivity index (χ4v) is 2.43. The highest BCUT2D eigenvalue weighted by atomic mass is 16.5. The van der Waals surface area contributed by atoms with Crippen molar-refractivity contribution in [3.05, 3.63) is 11.6 Å². The molecule has 6 heteroatoms. The number of ether oxygens (including phenoxy) is 1. The normalized spacial score (nSPS) is 11.8. The fourth-order valence-electron chi connectivity index (χ4n) is 2.43. The van der Waals surface area contributed by atoms with E-state index in [0.717, 1.165) is 24.0 Å². The van der Waals surface area contributed by atoms with E-state index in [1.165, 1.54) is 44.9 Å². The number of unbranched alkanes of at least 4 members (excludes halogenated alkanes) is 8. The molecule has 3 N–H and O–H groups in total. The van der Waals surface area contributed by atoms with Crippen LogP contribution in [0.25, 0.3) is 0 Å². The van der Waals surface area contributed by atoms with E-state index in [1.54, 1.807) is 6.07 Å². The van der Waals surface area contributed by atoms with Gasteiger partial charge in [-0.15, -0.1) is 4.73 Å². The summed E-state index contributed by atoms with van der Waals surface area (Å²) in [6, 6.07) is 1.64. The molecule has 0 fully saturated rings. The molecule has 0 unspecified atom stereocenters. The number of nitrogens with zero attached hydrogens (tertiary/aromatic N) is 3. The highest BCUT2D eigenvalue weighted by Crippen LogP contribution is 2.09. The molecule has 138 valence electrons. The number of hydrogen-bond donors (Lipinski definition) is 2. The maximum Gasteiger partial charge on any atom is 0.239 e. The van der Waals surface area contributed by atoms with Crippen LogP contribution in [0.3, 0.4) is 0 Å². The van der Waals surface area contributed by atoms with Crippen molar-refractivity contribution in [1.82, 2.24) is 9.71 Å². The van der Waals surface area contributed by atoms with Gasteiger partial charge in [-0.3, -0.25) is 4.99 Å². The summed E-state index contributed by atoms with van der Waals surface area (Å²) in [6.07, 6.45) is 12.1. The van der Waals surface area contributed by atoms with Gasteiger partial charge < -0.3 is 15.7 Å². The number of aromatic nitrogens is 2. The minimum absolute atomic E-state index is 0.00123. The van der Waals surface area contributed by atoms with Crippen molar-refractivity contribution in [3.63, 3.8) is 0 Å². The van der Waals surface area contributed by atoms with Crippen molar-refractivity contribution in [3.8, 4) is 5.88 Å². The Balaban J connectivity index is 2.40. The molecule has 1 heterocycles. The predicted octanol–water partition coefficient (Wildman–Crippen LogP) is 3.92. The molecule has 0 atom stereocenters. The van der Waals surface area contributed by atoms with E-state index in [2.05, 4.69) is 23.8 Å². The van der Waals surface area contributed by atoms with E-state index in [9.17, 15) is 5.21 Å². The van der Waals surface area contributed by atoms with E-state index in [4.69, 9.17) is 10.5 Å². The zero-order valence-electron chi connectivity index (χ0n) is 15.3. The van der Waals surface area contributed by atoms with Crippen molar-refractivity contribution < 1.29 is 9.94 Å². The Bertz CT molecular complexity index is 514. The first kappa shape index (κ1) is 20.3. The summed E-state index contributed by atoms with van der Waals surface area (Å²) in [4.78, 5) is 8.42. The van der Waals surface area contributed by atoms with Gasteiger partial charge in [0.15, 0.2) is 5.49 Å². The molecule has 0 saturated heterocycles. The minimum Gasteiger partial charge on any atom is -0.477 e. The van der Waals surface area contributed by atoms with Crippen LogP contribution in [0.5, 0.6) is 5.88 Å². The molecular weight excluding hydrogens is 304 g/mol. The van der Waals surface area contributed by atoms with Crippen LogP contribution in [0.1, 0.15) is 78.1 Å². The number of hydrogen-bond acceptors (Lipinski definition) is 5. The quantitative estimate of drug-likeness (QED) is 0.421. The molecule has 0 amide bonds. The Morgan fingerprint density at radius 2 is 1.67 bits per heavy atom. The Morgan fingerprint density at radius 1 is 1.04 bits per heavy atom. The lowest BCUT2D eigenvalue weighted by atomic mass is 10.1. The first-order valence-corrected chi connectivity index (χ1v) is 9.41. The topological polar surface area (TPSA) is 85.7 Å². The summed E-state index contributed by atoms with van der Waals surface area (Å²) >= 11 is 0. The molecule has 1 aromatic rings. The predicted molar refractivity (Wildman–Crippen MR) is 97.3 cm³/mol. The number of rotatable bonds is 13. The van der Waals surface area contributed by atoms with Crippen molar-refractivity contribution in [2.75, 3.05) is 18.9 Å². The van der Waals surface area contributed by atoms with Crippen LogP contribution in [0.4, 0.5) is 5.95 Å². The van der Waals surface area contributed by atoms with Crippen LogP contribution >= 0.6 is 0 Å². The Labute approximate surface area is 145 Å². The molecule has 6 nitrogen and oxygen atoms in total. The van der Waals surface area contributed by atoms with Crippen LogP contribution in [0.2, 0.25) is 0 Å². The maximum absolute atomic E-state index is 9.90. The first-order valence-electron chi connectivity index (χ1n) is 9.41. The summed E-state index contributed by atoms with van der Waals surface area (Å²) in [5, 5.41) is 9.90. The van der Waals surface area contributed by atoms with Crippen LogP contribution in [0.15, 0.2) is 11.1 Å². The second-order valence-corrected chi connectivity index (χ2v) is 6.18. The molecular formula is C18H34N4O2. The van der Waals surface area contributed by atoms with Crippen LogP contribution in [-0.4, -0.2) is 28.1 Å². The molecule has 1 rings (SSSR count). The average molecular weight is 338 g/mol. The van der Waals surface area contributed by atoms with Gasteiger partial charge in [-0.2, -0.15) is 4.98 Å². The first-order chi connectivity index (χ1) is 11.7. The number of nitrogen functional groups attached to an aromatic ring is 1. The monoisotopic (exact) mass is 338 g/mol. The number of nitrogens with two attached hydrogens (primary N) is 1. The van der Waals surface area contributed by atoms with Gasteiger partial charge in [-0.1, -0.05) is 65.2 Å². The van der Waals surface area contributed by atoms with Gasteiger partial charge in [0.25, 0.3) is 0 Å². The third kappa shape index (κ3) is 8.22.